The second-order valence-electron chi connectivity index (χ2n) is 3.78. The van der Waals surface area contributed by atoms with Gasteiger partial charge < -0.3 is 4.90 Å². The topological polar surface area (TPSA) is 15.6 Å². The van der Waals surface area contributed by atoms with Crippen molar-refractivity contribution < 1.29 is 0 Å². The molecule has 0 amide bonds. The Hall–Kier alpha value is -1.05. The van der Waals surface area contributed by atoms with Crippen molar-refractivity contribution in [3.05, 3.63) is 24.4 Å². The molecule has 13 heavy (non-hydrogen) atoms. The number of rotatable bonds is 2. The lowest BCUT2D eigenvalue weighted by molar-refractivity contribution is 0.417. The fourth-order valence-electron chi connectivity index (χ4n) is 2.21. The Kier molecular flexibility index (Phi) is 1.98. The van der Waals surface area contributed by atoms with Crippen molar-refractivity contribution in [2.24, 2.45) is 10.9 Å². The molecule has 1 saturated carbocycles. The highest BCUT2D eigenvalue weighted by Crippen LogP contribution is 2.52. The molecule has 1 heterocycles. The first-order valence-corrected chi connectivity index (χ1v) is 4.90. The first-order valence-electron chi connectivity index (χ1n) is 4.90. The molecule has 0 aromatic heterocycles. The average Bonchev–Trinajstić information content (AvgIpc) is 2.85. The summed E-state index contributed by atoms with van der Waals surface area (Å²) in [7, 11) is 1.82. The molecular weight excluding hydrogens is 160 g/mol. The Morgan fingerprint density at radius 1 is 1.62 bits per heavy atom. The normalized spacial score (nSPS) is 36.5. The van der Waals surface area contributed by atoms with Crippen LogP contribution in [0.1, 0.15) is 19.8 Å². The van der Waals surface area contributed by atoms with Gasteiger partial charge in [0.1, 0.15) is 0 Å². The summed E-state index contributed by atoms with van der Waals surface area (Å²) >= 11 is 0. The number of hydrogen-bond acceptors (Lipinski definition) is 1. The van der Waals surface area contributed by atoms with E-state index in [-0.39, 0.29) is 5.54 Å². The van der Waals surface area contributed by atoms with Crippen molar-refractivity contribution in [1.82, 2.24) is 4.90 Å². The van der Waals surface area contributed by atoms with Crippen molar-refractivity contribution in [2.45, 2.75) is 25.3 Å². The molecule has 1 aliphatic heterocycles. The van der Waals surface area contributed by atoms with Crippen LogP contribution in [0.4, 0.5) is 0 Å². The first-order chi connectivity index (χ1) is 6.33. The lowest BCUT2D eigenvalue weighted by Gasteiger charge is -2.27. The molecule has 0 radical (unpaired) electrons. The largest absolute Gasteiger partial charge is 0.329 e. The summed E-state index contributed by atoms with van der Waals surface area (Å²) in [6, 6.07) is 0. The third-order valence-corrected chi connectivity index (χ3v) is 3.08. The minimum absolute atomic E-state index is 0.281. The second-order valence-corrected chi connectivity index (χ2v) is 3.78. The van der Waals surface area contributed by atoms with E-state index in [0.29, 0.717) is 0 Å². The predicted octanol–water partition coefficient (Wildman–Crippen LogP) is 2.20. The maximum absolute atomic E-state index is 4.08. The van der Waals surface area contributed by atoms with Gasteiger partial charge in [0, 0.05) is 13.2 Å². The van der Waals surface area contributed by atoms with Gasteiger partial charge >= 0.3 is 0 Å². The van der Waals surface area contributed by atoms with Gasteiger partial charge in [-0.05, 0) is 18.4 Å². The van der Waals surface area contributed by atoms with Crippen LogP contribution in [-0.4, -0.2) is 23.8 Å². The lowest BCUT2D eigenvalue weighted by Crippen LogP contribution is -2.33. The fraction of sp³-hybridized carbons (Fsp3) is 0.545. The maximum atomic E-state index is 4.08. The van der Waals surface area contributed by atoms with Crippen molar-refractivity contribution in [2.75, 3.05) is 7.05 Å². The van der Waals surface area contributed by atoms with Gasteiger partial charge in [-0.25, -0.2) is 0 Å². The maximum Gasteiger partial charge on any atom is 0.0894 e. The molecule has 70 valence electrons. The quantitative estimate of drug-likeness (QED) is 0.465. The Bertz CT molecular complexity index is 278. The lowest BCUT2D eigenvalue weighted by atomic mass is 10.1. The van der Waals surface area contributed by atoms with E-state index >= 15 is 0 Å². The van der Waals surface area contributed by atoms with E-state index in [1.165, 1.54) is 12.8 Å². The third-order valence-electron chi connectivity index (χ3n) is 3.08. The van der Waals surface area contributed by atoms with Gasteiger partial charge in [0.2, 0.25) is 0 Å². The van der Waals surface area contributed by atoms with Gasteiger partial charge in [-0.1, -0.05) is 25.5 Å². The molecule has 2 unspecified atom stereocenters. The zero-order valence-corrected chi connectivity index (χ0v) is 8.27. The number of hydrogen-bond donors (Lipinski definition) is 0. The van der Waals surface area contributed by atoms with Gasteiger partial charge in [-0.15, -0.1) is 0 Å². The SMILES string of the molecule is CCC1CC12C=CC=CN2C=NC. The van der Waals surface area contributed by atoms with Gasteiger partial charge in [-0.2, -0.15) is 0 Å². The van der Waals surface area contributed by atoms with E-state index in [2.05, 4.69) is 41.2 Å². The zero-order chi connectivity index (χ0) is 9.31. The molecule has 2 rings (SSSR count). The Morgan fingerprint density at radius 2 is 2.46 bits per heavy atom. The summed E-state index contributed by atoms with van der Waals surface area (Å²) in [5.74, 6) is 0.812. The molecule has 0 aromatic carbocycles. The van der Waals surface area contributed by atoms with E-state index in [1.54, 1.807) is 0 Å². The van der Waals surface area contributed by atoms with E-state index in [9.17, 15) is 0 Å². The smallest absolute Gasteiger partial charge is 0.0894 e. The molecule has 1 aliphatic carbocycles. The van der Waals surface area contributed by atoms with Crippen molar-refractivity contribution in [3.8, 4) is 0 Å². The molecule has 1 fully saturated rings. The molecule has 2 heteroatoms. The van der Waals surface area contributed by atoms with Gasteiger partial charge in [0.05, 0.1) is 11.9 Å². The number of aliphatic imine (C=N–C) groups is 1. The Morgan fingerprint density at radius 3 is 3.08 bits per heavy atom. The summed E-state index contributed by atoms with van der Waals surface area (Å²) in [6.07, 6.45) is 13.1. The summed E-state index contributed by atoms with van der Waals surface area (Å²) < 4.78 is 0. The van der Waals surface area contributed by atoms with Crippen LogP contribution in [0.2, 0.25) is 0 Å². The van der Waals surface area contributed by atoms with Gasteiger partial charge in [0.25, 0.3) is 0 Å². The van der Waals surface area contributed by atoms with E-state index < -0.39 is 0 Å². The molecule has 0 aromatic rings. The summed E-state index contributed by atoms with van der Waals surface area (Å²) in [6.45, 7) is 2.26. The molecular formula is C11H16N2. The molecule has 0 saturated heterocycles. The molecule has 0 bridgehead atoms. The molecule has 2 nitrogen and oxygen atoms in total. The van der Waals surface area contributed by atoms with Crippen LogP contribution in [0.25, 0.3) is 0 Å². The van der Waals surface area contributed by atoms with Crippen LogP contribution in [-0.2, 0) is 0 Å². The number of allylic oxidation sites excluding steroid dienone is 2. The highest BCUT2D eigenvalue weighted by molar-refractivity contribution is 5.61. The van der Waals surface area contributed by atoms with Crippen LogP contribution >= 0.6 is 0 Å². The van der Waals surface area contributed by atoms with Crippen molar-refractivity contribution in [1.29, 1.82) is 0 Å². The van der Waals surface area contributed by atoms with Crippen LogP contribution in [0.15, 0.2) is 29.4 Å². The molecule has 0 N–H and O–H groups in total. The van der Waals surface area contributed by atoms with Crippen molar-refractivity contribution in [3.63, 3.8) is 0 Å². The van der Waals surface area contributed by atoms with Crippen molar-refractivity contribution >= 4 is 6.34 Å². The minimum Gasteiger partial charge on any atom is -0.329 e. The van der Waals surface area contributed by atoms with E-state index in [4.69, 9.17) is 0 Å². The van der Waals surface area contributed by atoms with Crippen LogP contribution in [0.3, 0.4) is 0 Å². The van der Waals surface area contributed by atoms with E-state index in [1.807, 2.05) is 13.4 Å². The van der Waals surface area contributed by atoms with Gasteiger partial charge in [0.15, 0.2) is 0 Å². The Balaban J connectivity index is 2.18. The van der Waals surface area contributed by atoms with Crippen LogP contribution in [0.5, 0.6) is 0 Å². The zero-order valence-electron chi connectivity index (χ0n) is 8.27. The average molecular weight is 176 g/mol. The Labute approximate surface area is 79.7 Å². The first kappa shape index (κ1) is 8.54. The highest BCUT2D eigenvalue weighted by Gasteiger charge is 2.54. The van der Waals surface area contributed by atoms with Gasteiger partial charge in [-0.3, -0.25) is 4.99 Å². The monoisotopic (exact) mass is 176 g/mol. The van der Waals surface area contributed by atoms with Crippen LogP contribution in [0, 0.1) is 5.92 Å². The van der Waals surface area contributed by atoms with Crippen LogP contribution < -0.4 is 0 Å². The minimum atomic E-state index is 0.281. The summed E-state index contributed by atoms with van der Waals surface area (Å²) in [5.41, 5.74) is 0.281. The number of nitrogens with zero attached hydrogens (tertiary/aromatic N) is 2. The molecule has 2 aliphatic rings. The highest BCUT2D eigenvalue weighted by atomic mass is 15.2. The third kappa shape index (κ3) is 1.21. The standard InChI is InChI=1S/C11H16N2/c1-3-10-8-11(10)6-4-5-7-13(11)9-12-2/h4-7,9-10H,3,8H2,1-2H3. The summed E-state index contributed by atoms with van der Waals surface area (Å²) in [5, 5.41) is 0. The van der Waals surface area contributed by atoms with E-state index in [0.717, 1.165) is 5.92 Å². The molecule has 2 atom stereocenters. The predicted molar refractivity (Wildman–Crippen MR) is 55.7 cm³/mol. The second kappa shape index (κ2) is 3.02. The fourth-order valence-corrected chi connectivity index (χ4v) is 2.21. The summed E-state index contributed by atoms with van der Waals surface area (Å²) in [4.78, 5) is 6.32. The molecule has 1 spiro atoms.